The van der Waals surface area contributed by atoms with Crippen LogP contribution in [-0.2, 0) is 0 Å². The number of ether oxygens (including phenoxy) is 1. The molecule has 1 aliphatic heterocycles. The Kier molecular flexibility index (Phi) is 4.89. The van der Waals surface area contributed by atoms with Crippen LogP contribution >= 0.6 is 12.2 Å². The molecule has 0 spiro atoms. The minimum absolute atomic E-state index is 0.0380. The van der Waals surface area contributed by atoms with Crippen LogP contribution < -0.4 is 10.1 Å². The Labute approximate surface area is 163 Å². The molecule has 0 aliphatic carbocycles. The Morgan fingerprint density at radius 3 is 2.74 bits per heavy atom. The molecule has 6 heteroatoms. The van der Waals surface area contributed by atoms with E-state index in [2.05, 4.69) is 11.4 Å². The van der Waals surface area contributed by atoms with Gasteiger partial charge in [-0.15, -0.1) is 0 Å². The van der Waals surface area contributed by atoms with Gasteiger partial charge < -0.3 is 14.5 Å². The van der Waals surface area contributed by atoms with Gasteiger partial charge in [-0.05, 0) is 54.2 Å². The Hall–Kier alpha value is -3.12. The Morgan fingerprint density at radius 2 is 2.00 bits per heavy atom. The lowest BCUT2D eigenvalue weighted by molar-refractivity contribution is 0.371. The van der Waals surface area contributed by atoms with Crippen LogP contribution in [0, 0.1) is 0 Å². The number of nitrogens with one attached hydrogen (secondary N) is 1. The number of anilines is 1. The fourth-order valence-corrected chi connectivity index (χ4v) is 3.39. The highest BCUT2D eigenvalue weighted by molar-refractivity contribution is 7.80. The Bertz CT molecular complexity index is 955. The van der Waals surface area contributed by atoms with Crippen LogP contribution in [-0.4, -0.2) is 22.9 Å². The normalized spacial score (nSPS) is 16.1. The molecular weight excluding hydrogens is 358 g/mol. The largest absolute Gasteiger partial charge is 0.497 e. The summed E-state index contributed by atoms with van der Waals surface area (Å²) in [7, 11) is 1.66. The summed E-state index contributed by atoms with van der Waals surface area (Å²) >= 11 is 5.66. The fraction of sp³-hybridized carbons (Fsp3) is 0.143. The second kappa shape index (κ2) is 7.63. The minimum atomic E-state index is -0.0380. The Morgan fingerprint density at radius 1 is 1.15 bits per heavy atom. The van der Waals surface area contributed by atoms with E-state index in [9.17, 15) is 0 Å². The van der Waals surface area contributed by atoms with E-state index in [4.69, 9.17) is 26.5 Å². The van der Waals surface area contributed by atoms with E-state index in [0.29, 0.717) is 11.5 Å². The monoisotopic (exact) mass is 377 g/mol. The summed E-state index contributed by atoms with van der Waals surface area (Å²) in [6.45, 7) is 0. The number of nitrogens with zero attached hydrogens (tertiary/aromatic N) is 2. The van der Waals surface area contributed by atoms with E-state index >= 15 is 0 Å². The maximum atomic E-state index is 5.66. The molecule has 1 aliphatic rings. The predicted molar refractivity (Wildman–Crippen MR) is 110 cm³/mol. The fourth-order valence-electron chi connectivity index (χ4n) is 3.10. The first-order valence-corrected chi connectivity index (χ1v) is 9.06. The second-order valence-corrected chi connectivity index (χ2v) is 6.55. The lowest BCUT2D eigenvalue weighted by Gasteiger charge is -2.25. The van der Waals surface area contributed by atoms with E-state index in [1.165, 1.54) is 0 Å². The van der Waals surface area contributed by atoms with Gasteiger partial charge in [0.05, 0.1) is 19.4 Å². The van der Waals surface area contributed by atoms with Crippen LogP contribution in [0.5, 0.6) is 5.75 Å². The first-order chi connectivity index (χ1) is 13.2. The smallest absolute Gasteiger partial charge is 0.194 e. The van der Waals surface area contributed by atoms with Crippen LogP contribution in [0.4, 0.5) is 5.69 Å². The molecule has 0 saturated heterocycles. The topological polar surface area (TPSA) is 50.0 Å². The van der Waals surface area contributed by atoms with E-state index in [1.54, 1.807) is 13.4 Å². The van der Waals surface area contributed by atoms with Crippen molar-refractivity contribution >= 4 is 28.7 Å². The van der Waals surface area contributed by atoms with Gasteiger partial charge in [-0.2, -0.15) is 5.10 Å². The number of para-hydroxylation sites is 1. The van der Waals surface area contributed by atoms with Gasteiger partial charge in [0.15, 0.2) is 5.11 Å². The molecule has 1 aromatic heterocycles. The number of rotatable bonds is 4. The van der Waals surface area contributed by atoms with Crippen LogP contribution in [0.25, 0.3) is 0 Å². The van der Waals surface area contributed by atoms with Gasteiger partial charge in [-0.3, -0.25) is 0 Å². The zero-order valence-corrected chi connectivity index (χ0v) is 15.6. The summed E-state index contributed by atoms with van der Waals surface area (Å²) in [6.07, 6.45) is 2.35. The summed E-state index contributed by atoms with van der Waals surface area (Å²) in [5.41, 5.74) is 2.87. The lowest BCUT2D eigenvalue weighted by atomic mass is 10.0. The van der Waals surface area contributed by atoms with Crippen molar-refractivity contribution in [1.29, 1.82) is 0 Å². The first kappa shape index (κ1) is 17.3. The van der Waals surface area contributed by atoms with Crippen molar-refractivity contribution in [3.63, 3.8) is 0 Å². The molecule has 2 aromatic carbocycles. The number of hydrogen-bond donors (Lipinski definition) is 1. The zero-order valence-electron chi connectivity index (χ0n) is 14.8. The van der Waals surface area contributed by atoms with Gasteiger partial charge in [0, 0.05) is 12.1 Å². The van der Waals surface area contributed by atoms with Gasteiger partial charge in [0.25, 0.3) is 0 Å². The van der Waals surface area contributed by atoms with Crippen LogP contribution in [0.2, 0.25) is 0 Å². The highest BCUT2D eigenvalue weighted by Gasteiger charge is 2.32. The Balaban J connectivity index is 1.65. The van der Waals surface area contributed by atoms with Crippen molar-refractivity contribution in [3.05, 3.63) is 84.3 Å². The van der Waals surface area contributed by atoms with Crippen molar-refractivity contribution in [1.82, 2.24) is 5.01 Å². The van der Waals surface area contributed by atoms with Crippen LogP contribution in [0.3, 0.4) is 0 Å². The number of benzene rings is 2. The summed E-state index contributed by atoms with van der Waals surface area (Å²) in [4.78, 5) is 0. The minimum Gasteiger partial charge on any atom is -0.497 e. The molecule has 0 fully saturated rings. The molecule has 5 nitrogen and oxygen atoms in total. The van der Waals surface area contributed by atoms with Gasteiger partial charge >= 0.3 is 0 Å². The molecule has 0 saturated carbocycles. The number of thiocarbonyl (C=S) groups is 1. The third kappa shape index (κ3) is 3.71. The average Bonchev–Trinajstić information content (AvgIpc) is 3.38. The van der Waals surface area contributed by atoms with Crippen LogP contribution in [0.1, 0.15) is 23.8 Å². The van der Waals surface area contributed by atoms with Crippen molar-refractivity contribution < 1.29 is 9.15 Å². The molecule has 4 rings (SSSR count). The number of methoxy groups -OCH3 is 1. The van der Waals surface area contributed by atoms with E-state index < -0.39 is 0 Å². The van der Waals surface area contributed by atoms with Crippen molar-refractivity contribution in [2.75, 3.05) is 12.4 Å². The van der Waals surface area contributed by atoms with Crippen molar-refractivity contribution in [2.24, 2.45) is 5.10 Å². The molecule has 1 atom stereocenters. The van der Waals surface area contributed by atoms with E-state index in [-0.39, 0.29) is 6.04 Å². The third-order valence-corrected chi connectivity index (χ3v) is 4.72. The summed E-state index contributed by atoms with van der Waals surface area (Å²) < 4.78 is 10.9. The lowest BCUT2D eigenvalue weighted by Crippen LogP contribution is -2.31. The maximum absolute atomic E-state index is 5.66. The second-order valence-electron chi connectivity index (χ2n) is 6.16. The summed E-state index contributed by atoms with van der Waals surface area (Å²) in [6, 6.07) is 21.6. The highest BCUT2D eigenvalue weighted by Crippen LogP contribution is 2.34. The molecule has 0 unspecified atom stereocenters. The van der Waals surface area contributed by atoms with Gasteiger partial charge in [-0.1, -0.05) is 30.3 Å². The van der Waals surface area contributed by atoms with Gasteiger partial charge in [-0.25, -0.2) is 5.01 Å². The molecule has 0 radical (unpaired) electrons. The standard InChI is InChI=1S/C21H19N3O2S/c1-25-17-10-5-7-15(13-17)19-14-18(20-11-6-12-26-20)23-24(19)21(27)22-16-8-3-2-4-9-16/h2-13,19H,14H2,1H3,(H,22,27)/t19-/m0/s1. The quantitative estimate of drug-likeness (QED) is 0.660. The van der Waals surface area contributed by atoms with E-state index in [0.717, 1.165) is 28.5 Å². The van der Waals surface area contributed by atoms with Crippen molar-refractivity contribution in [2.45, 2.75) is 12.5 Å². The average molecular weight is 377 g/mol. The van der Waals surface area contributed by atoms with Gasteiger partial charge in [0.2, 0.25) is 0 Å². The van der Waals surface area contributed by atoms with Crippen molar-refractivity contribution in [3.8, 4) is 5.75 Å². The van der Waals surface area contributed by atoms with Gasteiger partial charge in [0.1, 0.15) is 17.2 Å². The summed E-state index contributed by atoms with van der Waals surface area (Å²) in [5, 5.41) is 10.4. The predicted octanol–water partition coefficient (Wildman–Crippen LogP) is 4.84. The third-order valence-electron chi connectivity index (χ3n) is 4.43. The first-order valence-electron chi connectivity index (χ1n) is 8.65. The molecule has 0 bridgehead atoms. The molecule has 2 heterocycles. The molecular formula is C21H19N3O2S. The van der Waals surface area contributed by atoms with Crippen LogP contribution in [0.15, 0.2) is 82.5 Å². The molecule has 0 amide bonds. The highest BCUT2D eigenvalue weighted by atomic mass is 32.1. The summed E-state index contributed by atoms with van der Waals surface area (Å²) in [5.74, 6) is 1.56. The SMILES string of the molecule is COc1cccc([C@@H]2CC(c3ccco3)=NN2C(=S)Nc2ccccc2)c1. The molecule has 136 valence electrons. The maximum Gasteiger partial charge on any atom is 0.194 e. The van der Waals surface area contributed by atoms with E-state index in [1.807, 2.05) is 65.7 Å². The number of hydrazone groups is 1. The zero-order chi connectivity index (χ0) is 18.6. The number of hydrogen-bond acceptors (Lipinski definition) is 4. The molecule has 1 N–H and O–H groups in total. The molecule has 3 aromatic rings. The molecule has 27 heavy (non-hydrogen) atoms. The number of furan rings is 1.